The first-order valence-electron chi connectivity index (χ1n) is 11.3. The lowest BCUT2D eigenvalue weighted by Gasteiger charge is -2.22. The van der Waals surface area contributed by atoms with Crippen molar-refractivity contribution in [3.63, 3.8) is 0 Å². The molecular weight excluding hydrogens is 400 g/mol. The quantitative estimate of drug-likeness (QED) is 0.271. The second-order valence-electron chi connectivity index (χ2n) is 8.55. The van der Waals surface area contributed by atoms with E-state index < -0.39 is 0 Å². The fourth-order valence-electron chi connectivity index (χ4n) is 5.16. The minimum atomic E-state index is 0.910. The number of benzene rings is 6. The summed E-state index contributed by atoms with van der Waals surface area (Å²) in [7, 11) is 0. The van der Waals surface area contributed by atoms with E-state index in [0.29, 0.717) is 0 Å². The molecule has 0 amide bonds. The van der Waals surface area contributed by atoms with Crippen molar-refractivity contribution in [3.05, 3.63) is 121 Å². The van der Waals surface area contributed by atoms with Gasteiger partial charge in [0, 0.05) is 10.9 Å². The average Bonchev–Trinajstić information content (AvgIpc) is 2.88. The van der Waals surface area contributed by atoms with Crippen molar-refractivity contribution >= 4 is 21.5 Å². The second-order valence-corrected chi connectivity index (χ2v) is 8.55. The maximum absolute atomic E-state index is 6.31. The van der Waals surface area contributed by atoms with Crippen LogP contribution < -0.4 is 4.74 Å². The third kappa shape index (κ3) is 2.79. The van der Waals surface area contributed by atoms with Gasteiger partial charge in [-0.05, 0) is 62.2 Å². The summed E-state index contributed by atoms with van der Waals surface area (Å²) < 4.78 is 6.31. The van der Waals surface area contributed by atoms with Crippen LogP contribution in [0.3, 0.4) is 0 Å². The molecule has 33 heavy (non-hydrogen) atoms. The SMILES string of the molecule is c1ccc(-c2cccc3ccccc23)c(-c2ccc3c(c2)-c2cccc4cccc(c24)O3)c1. The molecule has 0 saturated carbocycles. The molecule has 154 valence electrons. The van der Waals surface area contributed by atoms with Crippen molar-refractivity contribution in [2.45, 2.75) is 0 Å². The maximum Gasteiger partial charge on any atom is 0.135 e. The fraction of sp³-hybridized carbons (Fsp3) is 0. The second kappa shape index (κ2) is 7.08. The molecule has 1 aliphatic rings. The lowest BCUT2D eigenvalue weighted by Crippen LogP contribution is -1.97. The van der Waals surface area contributed by atoms with E-state index in [-0.39, 0.29) is 0 Å². The van der Waals surface area contributed by atoms with Gasteiger partial charge in [0.2, 0.25) is 0 Å². The summed E-state index contributed by atoms with van der Waals surface area (Å²) in [5, 5.41) is 4.92. The average molecular weight is 421 g/mol. The third-order valence-corrected chi connectivity index (χ3v) is 6.67. The molecule has 0 radical (unpaired) electrons. The maximum atomic E-state index is 6.31. The molecule has 0 aromatic heterocycles. The highest BCUT2D eigenvalue weighted by molar-refractivity contribution is 6.05. The van der Waals surface area contributed by atoms with Crippen LogP contribution >= 0.6 is 0 Å². The first-order chi connectivity index (χ1) is 16.4. The van der Waals surface area contributed by atoms with Gasteiger partial charge in [-0.25, -0.2) is 0 Å². The molecule has 0 N–H and O–H groups in total. The molecule has 0 atom stereocenters. The van der Waals surface area contributed by atoms with E-state index in [1.807, 2.05) is 0 Å². The monoisotopic (exact) mass is 420 g/mol. The smallest absolute Gasteiger partial charge is 0.135 e. The predicted molar refractivity (Wildman–Crippen MR) is 138 cm³/mol. The van der Waals surface area contributed by atoms with Crippen LogP contribution in [0, 0.1) is 0 Å². The van der Waals surface area contributed by atoms with Gasteiger partial charge >= 0.3 is 0 Å². The van der Waals surface area contributed by atoms with Gasteiger partial charge in [0.25, 0.3) is 0 Å². The van der Waals surface area contributed by atoms with Crippen LogP contribution in [0.15, 0.2) is 121 Å². The predicted octanol–water partition coefficient (Wildman–Crippen LogP) is 9.10. The van der Waals surface area contributed by atoms with Crippen LogP contribution in [0.25, 0.3) is 54.9 Å². The van der Waals surface area contributed by atoms with Gasteiger partial charge in [-0.3, -0.25) is 0 Å². The van der Waals surface area contributed by atoms with Gasteiger partial charge in [-0.1, -0.05) is 103 Å². The summed E-state index contributed by atoms with van der Waals surface area (Å²) in [5.74, 6) is 1.84. The number of hydrogen-bond acceptors (Lipinski definition) is 1. The van der Waals surface area contributed by atoms with Crippen LogP contribution in [0.1, 0.15) is 0 Å². The zero-order valence-corrected chi connectivity index (χ0v) is 18.0. The molecule has 6 aromatic rings. The molecule has 1 heterocycles. The topological polar surface area (TPSA) is 9.23 Å². The van der Waals surface area contributed by atoms with Crippen molar-refractivity contribution in [3.8, 4) is 44.9 Å². The fourth-order valence-corrected chi connectivity index (χ4v) is 5.16. The normalized spacial score (nSPS) is 11.9. The third-order valence-electron chi connectivity index (χ3n) is 6.67. The summed E-state index contributed by atoms with van der Waals surface area (Å²) in [6.45, 7) is 0. The van der Waals surface area contributed by atoms with Crippen LogP contribution in [0.5, 0.6) is 11.5 Å². The summed E-state index contributed by atoms with van der Waals surface area (Å²) in [5.41, 5.74) is 7.29. The first-order valence-corrected chi connectivity index (χ1v) is 11.3. The van der Waals surface area contributed by atoms with E-state index >= 15 is 0 Å². The Morgan fingerprint density at radius 1 is 0.394 bits per heavy atom. The Morgan fingerprint density at radius 3 is 1.97 bits per heavy atom. The summed E-state index contributed by atoms with van der Waals surface area (Å²) in [6.07, 6.45) is 0. The Morgan fingerprint density at radius 2 is 1.06 bits per heavy atom. The number of ether oxygens (including phenoxy) is 1. The zero-order valence-electron chi connectivity index (χ0n) is 18.0. The van der Waals surface area contributed by atoms with Gasteiger partial charge < -0.3 is 4.74 Å². The summed E-state index contributed by atoms with van der Waals surface area (Å²) in [4.78, 5) is 0. The van der Waals surface area contributed by atoms with Crippen LogP contribution in [0.4, 0.5) is 0 Å². The van der Waals surface area contributed by atoms with Gasteiger partial charge in [0.1, 0.15) is 11.5 Å². The largest absolute Gasteiger partial charge is 0.456 e. The molecule has 1 nitrogen and oxygen atoms in total. The Balaban J connectivity index is 1.46. The van der Waals surface area contributed by atoms with Gasteiger partial charge in [0.05, 0.1) is 0 Å². The number of rotatable bonds is 2. The van der Waals surface area contributed by atoms with E-state index in [1.165, 1.54) is 49.4 Å². The Labute approximate surface area is 192 Å². The van der Waals surface area contributed by atoms with Crippen molar-refractivity contribution in [2.75, 3.05) is 0 Å². The minimum Gasteiger partial charge on any atom is -0.456 e. The zero-order chi connectivity index (χ0) is 21.8. The van der Waals surface area contributed by atoms with Crippen molar-refractivity contribution in [2.24, 2.45) is 0 Å². The highest BCUT2D eigenvalue weighted by atomic mass is 16.5. The lowest BCUT2D eigenvalue weighted by atomic mass is 9.88. The lowest BCUT2D eigenvalue weighted by molar-refractivity contribution is 0.487. The summed E-state index contributed by atoms with van der Waals surface area (Å²) >= 11 is 0. The number of fused-ring (bicyclic) bond motifs is 3. The van der Waals surface area contributed by atoms with Crippen molar-refractivity contribution < 1.29 is 4.74 Å². The Bertz CT molecular complexity index is 1680. The molecule has 7 rings (SSSR count). The minimum absolute atomic E-state index is 0.910. The van der Waals surface area contributed by atoms with Crippen molar-refractivity contribution in [1.29, 1.82) is 0 Å². The van der Waals surface area contributed by atoms with Crippen LogP contribution in [-0.2, 0) is 0 Å². The van der Waals surface area contributed by atoms with E-state index in [0.717, 1.165) is 17.1 Å². The Kier molecular flexibility index (Phi) is 3.91. The molecule has 1 heteroatoms. The molecule has 0 unspecified atom stereocenters. The molecule has 0 spiro atoms. The van der Waals surface area contributed by atoms with Gasteiger partial charge in [-0.2, -0.15) is 0 Å². The van der Waals surface area contributed by atoms with E-state index in [4.69, 9.17) is 4.74 Å². The molecule has 0 aliphatic carbocycles. The van der Waals surface area contributed by atoms with Gasteiger partial charge in [0.15, 0.2) is 0 Å². The van der Waals surface area contributed by atoms with Crippen molar-refractivity contribution in [1.82, 2.24) is 0 Å². The molecule has 6 aromatic carbocycles. The molecule has 0 fully saturated rings. The highest BCUT2D eigenvalue weighted by Gasteiger charge is 2.21. The molecule has 1 aliphatic heterocycles. The standard InChI is InChI=1S/C32H20O/c1-2-12-24-21(8-1)9-5-15-27(24)26-14-4-3-13-25(26)23-18-19-30-29(20-23)28-16-6-10-22-11-7-17-31(33-30)32(22)28/h1-20H. The highest BCUT2D eigenvalue weighted by Crippen LogP contribution is 2.48. The molecule has 0 bridgehead atoms. The van der Waals surface area contributed by atoms with Gasteiger partial charge in [-0.15, -0.1) is 0 Å². The van der Waals surface area contributed by atoms with E-state index in [9.17, 15) is 0 Å². The van der Waals surface area contributed by atoms with E-state index in [1.54, 1.807) is 0 Å². The Hall–Kier alpha value is -4.36. The van der Waals surface area contributed by atoms with Crippen LogP contribution in [0.2, 0.25) is 0 Å². The first kappa shape index (κ1) is 18.2. The van der Waals surface area contributed by atoms with E-state index in [2.05, 4.69) is 121 Å². The van der Waals surface area contributed by atoms with Crippen LogP contribution in [-0.4, -0.2) is 0 Å². The molecule has 0 saturated heterocycles. The number of hydrogen-bond donors (Lipinski definition) is 0. The summed E-state index contributed by atoms with van der Waals surface area (Å²) in [6, 6.07) is 43.1. The molecular formula is C32H20O.